The smallest absolute Gasteiger partial charge is 0.243 e. The molecule has 0 saturated carbocycles. The van der Waals surface area contributed by atoms with Gasteiger partial charge in [-0.15, -0.1) is 23.1 Å². The van der Waals surface area contributed by atoms with Gasteiger partial charge >= 0.3 is 0 Å². The number of likely N-dealkylation sites (N-methyl/N-ethyl adjacent to an activating group) is 1. The predicted molar refractivity (Wildman–Crippen MR) is 112 cm³/mol. The summed E-state index contributed by atoms with van der Waals surface area (Å²) in [7, 11) is 3.48. The second-order valence-electron chi connectivity index (χ2n) is 6.01. The van der Waals surface area contributed by atoms with E-state index in [0.29, 0.717) is 17.8 Å². The van der Waals surface area contributed by atoms with Crippen molar-refractivity contribution < 1.29 is 4.79 Å². The Morgan fingerprint density at radius 2 is 1.96 bits per heavy atom. The zero-order chi connectivity index (χ0) is 18.8. The highest BCUT2D eigenvalue weighted by Crippen LogP contribution is 2.21. The lowest BCUT2D eigenvalue weighted by Gasteiger charge is -2.16. The Kier molecular flexibility index (Phi) is 8.50. The summed E-state index contributed by atoms with van der Waals surface area (Å²) < 4.78 is 0. The van der Waals surface area contributed by atoms with Crippen molar-refractivity contribution in [1.82, 2.24) is 15.5 Å². The number of aliphatic imine (C=N–C) groups is 1. The number of benzene rings is 1. The standard InChI is InChI=1S/C19H26N4OS2/c1-15(26-16-8-5-4-6-9-16)12-20-19(22-14-18(24)23(2)3)21-13-17-10-7-11-25-17/h4-11,15H,12-14H2,1-3H3,(H2,20,21,22). The van der Waals surface area contributed by atoms with E-state index in [1.165, 1.54) is 9.77 Å². The van der Waals surface area contributed by atoms with Crippen LogP contribution in [0.2, 0.25) is 0 Å². The van der Waals surface area contributed by atoms with E-state index < -0.39 is 0 Å². The summed E-state index contributed by atoms with van der Waals surface area (Å²) in [6.45, 7) is 3.76. The van der Waals surface area contributed by atoms with Crippen molar-refractivity contribution >= 4 is 35.0 Å². The summed E-state index contributed by atoms with van der Waals surface area (Å²) in [6.07, 6.45) is 0. The Hall–Kier alpha value is -1.99. The van der Waals surface area contributed by atoms with Gasteiger partial charge in [-0.1, -0.05) is 31.2 Å². The zero-order valence-corrected chi connectivity index (χ0v) is 17.1. The summed E-state index contributed by atoms with van der Waals surface area (Å²) in [6, 6.07) is 14.4. The first-order valence-corrected chi connectivity index (χ1v) is 10.3. The number of rotatable bonds is 8. The monoisotopic (exact) mass is 390 g/mol. The van der Waals surface area contributed by atoms with Crippen LogP contribution in [-0.2, 0) is 11.3 Å². The maximum absolute atomic E-state index is 11.8. The van der Waals surface area contributed by atoms with Gasteiger partial charge in [-0.2, -0.15) is 0 Å². The molecule has 1 atom stereocenters. The van der Waals surface area contributed by atoms with Crippen molar-refractivity contribution in [2.45, 2.75) is 23.6 Å². The number of carbonyl (C=O) groups excluding carboxylic acids is 1. The molecule has 140 valence electrons. The topological polar surface area (TPSA) is 56.7 Å². The van der Waals surface area contributed by atoms with E-state index in [1.54, 1.807) is 30.3 Å². The molecule has 2 aromatic rings. The first-order valence-electron chi connectivity index (χ1n) is 8.51. The van der Waals surface area contributed by atoms with E-state index in [4.69, 9.17) is 0 Å². The molecule has 1 heterocycles. The van der Waals surface area contributed by atoms with Crippen molar-refractivity contribution in [3.8, 4) is 0 Å². The fourth-order valence-corrected chi connectivity index (χ4v) is 3.65. The predicted octanol–water partition coefficient (Wildman–Crippen LogP) is 3.05. The molecular weight excluding hydrogens is 364 g/mol. The summed E-state index contributed by atoms with van der Waals surface area (Å²) >= 11 is 3.51. The molecule has 1 amide bonds. The molecule has 2 rings (SSSR count). The van der Waals surface area contributed by atoms with Crippen molar-refractivity contribution in [3.63, 3.8) is 0 Å². The number of hydrogen-bond donors (Lipinski definition) is 2. The third-order valence-electron chi connectivity index (χ3n) is 3.52. The highest BCUT2D eigenvalue weighted by atomic mass is 32.2. The van der Waals surface area contributed by atoms with Crippen LogP contribution in [0.3, 0.4) is 0 Å². The van der Waals surface area contributed by atoms with E-state index in [1.807, 2.05) is 36.0 Å². The Morgan fingerprint density at radius 1 is 1.19 bits per heavy atom. The van der Waals surface area contributed by atoms with Crippen molar-refractivity contribution in [2.24, 2.45) is 4.99 Å². The fourth-order valence-electron chi connectivity index (χ4n) is 2.06. The molecule has 0 spiro atoms. The Labute approximate surface area is 163 Å². The minimum atomic E-state index is -0.0195. The first kappa shape index (κ1) is 20.3. The molecule has 0 saturated heterocycles. The number of guanidine groups is 1. The van der Waals surface area contributed by atoms with Crippen molar-refractivity contribution in [3.05, 3.63) is 52.7 Å². The number of carbonyl (C=O) groups is 1. The molecule has 0 radical (unpaired) electrons. The van der Waals surface area contributed by atoms with Gasteiger partial charge in [-0.05, 0) is 23.6 Å². The third-order valence-corrected chi connectivity index (χ3v) is 5.51. The van der Waals surface area contributed by atoms with E-state index in [9.17, 15) is 4.79 Å². The molecule has 0 aliphatic carbocycles. The highest BCUT2D eigenvalue weighted by Gasteiger charge is 2.08. The Bertz CT molecular complexity index is 687. The minimum absolute atomic E-state index is 0.0195. The van der Waals surface area contributed by atoms with E-state index >= 15 is 0 Å². The molecule has 26 heavy (non-hydrogen) atoms. The van der Waals surface area contributed by atoms with Gasteiger partial charge in [0.05, 0.1) is 6.54 Å². The van der Waals surface area contributed by atoms with Crippen LogP contribution in [0.25, 0.3) is 0 Å². The summed E-state index contributed by atoms with van der Waals surface area (Å²) in [5.41, 5.74) is 0. The molecule has 2 N–H and O–H groups in total. The van der Waals surface area contributed by atoms with Crippen molar-refractivity contribution in [2.75, 3.05) is 27.2 Å². The van der Waals surface area contributed by atoms with E-state index in [-0.39, 0.29) is 12.5 Å². The van der Waals surface area contributed by atoms with Gasteiger partial charge in [-0.3, -0.25) is 4.79 Å². The van der Waals surface area contributed by atoms with Gasteiger partial charge in [0.2, 0.25) is 5.91 Å². The van der Waals surface area contributed by atoms with Gasteiger partial charge in [0, 0.05) is 35.7 Å². The van der Waals surface area contributed by atoms with Gasteiger partial charge < -0.3 is 15.5 Å². The van der Waals surface area contributed by atoms with Crippen LogP contribution < -0.4 is 10.6 Å². The third kappa shape index (κ3) is 7.49. The number of nitrogens with one attached hydrogen (secondary N) is 2. The molecule has 7 heteroatoms. The second-order valence-corrected chi connectivity index (χ2v) is 8.55. The van der Waals surface area contributed by atoms with Crippen LogP contribution in [-0.4, -0.2) is 49.2 Å². The maximum Gasteiger partial charge on any atom is 0.243 e. The number of thiophene rings is 1. The largest absolute Gasteiger partial charge is 0.355 e. The van der Waals surface area contributed by atoms with Crippen LogP contribution in [0.4, 0.5) is 0 Å². The molecule has 0 bridgehead atoms. The van der Waals surface area contributed by atoms with Crippen LogP contribution in [0.15, 0.2) is 57.7 Å². The number of amides is 1. The number of nitrogens with zero attached hydrogens (tertiary/aromatic N) is 2. The second kappa shape index (κ2) is 10.9. The molecular formula is C19H26N4OS2. The Morgan fingerprint density at radius 3 is 2.62 bits per heavy atom. The molecule has 1 unspecified atom stereocenters. The van der Waals surface area contributed by atoms with E-state index in [2.05, 4.69) is 46.1 Å². The lowest BCUT2D eigenvalue weighted by atomic mass is 10.4. The molecule has 0 fully saturated rings. The van der Waals surface area contributed by atoms with Gasteiger partial charge in [0.15, 0.2) is 5.96 Å². The minimum Gasteiger partial charge on any atom is -0.355 e. The highest BCUT2D eigenvalue weighted by molar-refractivity contribution is 8.00. The average Bonchev–Trinajstić information content (AvgIpc) is 3.15. The fraction of sp³-hybridized carbons (Fsp3) is 0.368. The summed E-state index contributed by atoms with van der Waals surface area (Å²) in [5.74, 6) is 0.642. The summed E-state index contributed by atoms with van der Waals surface area (Å²) in [4.78, 5) is 20.3. The zero-order valence-electron chi connectivity index (χ0n) is 15.4. The van der Waals surface area contributed by atoms with Crippen LogP contribution in [0, 0.1) is 0 Å². The molecule has 1 aromatic heterocycles. The van der Waals surface area contributed by atoms with Crippen molar-refractivity contribution in [1.29, 1.82) is 0 Å². The van der Waals surface area contributed by atoms with Gasteiger partial charge in [-0.25, -0.2) is 4.99 Å². The normalized spacial score (nSPS) is 12.5. The van der Waals surface area contributed by atoms with Gasteiger partial charge in [0.1, 0.15) is 6.54 Å². The molecule has 5 nitrogen and oxygen atoms in total. The van der Waals surface area contributed by atoms with E-state index in [0.717, 1.165) is 6.54 Å². The molecule has 1 aromatic carbocycles. The van der Waals surface area contributed by atoms with Crippen LogP contribution in [0.5, 0.6) is 0 Å². The number of hydrogen-bond acceptors (Lipinski definition) is 4. The number of thioether (sulfide) groups is 1. The average molecular weight is 391 g/mol. The van der Waals surface area contributed by atoms with Crippen LogP contribution >= 0.6 is 23.1 Å². The summed E-state index contributed by atoms with van der Waals surface area (Å²) in [5, 5.41) is 9.08. The first-order chi connectivity index (χ1) is 12.5. The Balaban J connectivity index is 1.89. The molecule has 0 aliphatic heterocycles. The SMILES string of the molecule is CC(CNC(=NCC(=O)N(C)C)NCc1cccs1)Sc1ccccc1. The molecule has 0 aliphatic rings. The van der Waals surface area contributed by atoms with Crippen LogP contribution in [0.1, 0.15) is 11.8 Å². The lowest BCUT2D eigenvalue weighted by Crippen LogP contribution is -2.40. The quantitative estimate of drug-likeness (QED) is 0.413. The lowest BCUT2D eigenvalue weighted by molar-refractivity contribution is -0.127. The van der Waals surface area contributed by atoms with Gasteiger partial charge in [0.25, 0.3) is 0 Å². The maximum atomic E-state index is 11.8.